The molecule has 2 aromatic heterocycles. The highest BCUT2D eigenvalue weighted by Crippen LogP contribution is 2.38. The maximum Gasteiger partial charge on any atom is 0.344 e. The summed E-state index contributed by atoms with van der Waals surface area (Å²) in [4.78, 5) is 46.2. The van der Waals surface area contributed by atoms with Gasteiger partial charge in [-0.25, -0.2) is 14.2 Å². The number of piperazine rings is 1. The van der Waals surface area contributed by atoms with Gasteiger partial charge in [-0.15, -0.1) is 11.3 Å². The molecule has 184 valence electrons. The monoisotopic (exact) mass is 499 g/mol. The second-order valence-electron chi connectivity index (χ2n) is 8.71. The number of likely N-dealkylation sites (N-methyl/N-ethyl adjacent to an activating group) is 1. The lowest BCUT2D eigenvalue weighted by atomic mass is 10.1. The zero-order valence-electron chi connectivity index (χ0n) is 19.3. The van der Waals surface area contributed by atoms with Crippen molar-refractivity contribution in [1.82, 2.24) is 14.5 Å². The van der Waals surface area contributed by atoms with Crippen LogP contribution >= 0.6 is 11.3 Å². The number of hydrogen-bond acceptors (Lipinski definition) is 8. The van der Waals surface area contributed by atoms with Gasteiger partial charge in [-0.2, -0.15) is 0 Å². The molecular weight excluding hydrogens is 473 g/mol. The number of anilines is 2. The van der Waals surface area contributed by atoms with Gasteiger partial charge in [0.25, 0.3) is 5.91 Å². The Hall–Kier alpha value is -3.31. The summed E-state index contributed by atoms with van der Waals surface area (Å²) in [5.74, 6) is -1.97. The Kier molecular flexibility index (Phi) is 6.52. The van der Waals surface area contributed by atoms with Gasteiger partial charge in [0.15, 0.2) is 11.7 Å². The molecule has 0 bridgehead atoms. The molecule has 0 spiro atoms. The van der Waals surface area contributed by atoms with Crippen LogP contribution in [0, 0.1) is 5.82 Å². The number of nitrogens with zero attached hydrogens (tertiary/aromatic N) is 4. The van der Waals surface area contributed by atoms with E-state index in [1.54, 1.807) is 11.4 Å². The Morgan fingerprint density at radius 3 is 2.66 bits per heavy atom. The number of nitrogens with one attached hydrogen (secondary N) is 1. The molecular formula is C24H26FN5O4S. The number of aromatic nitrogens is 2. The predicted octanol–water partition coefficient (Wildman–Crippen LogP) is 2.87. The van der Waals surface area contributed by atoms with Gasteiger partial charge >= 0.3 is 5.97 Å². The van der Waals surface area contributed by atoms with E-state index in [1.165, 1.54) is 29.8 Å². The molecule has 1 saturated heterocycles. The molecule has 2 fully saturated rings. The van der Waals surface area contributed by atoms with Gasteiger partial charge in [0.05, 0.1) is 11.2 Å². The lowest BCUT2D eigenvalue weighted by Crippen LogP contribution is -2.46. The Morgan fingerprint density at radius 2 is 2.00 bits per heavy atom. The third-order valence-corrected chi connectivity index (χ3v) is 7.12. The molecule has 1 amide bonds. The number of rotatable bonds is 7. The summed E-state index contributed by atoms with van der Waals surface area (Å²) in [6.07, 6.45) is 4.84. The highest BCUT2D eigenvalue weighted by molar-refractivity contribution is 7.13. The van der Waals surface area contributed by atoms with Crippen molar-refractivity contribution < 1.29 is 18.7 Å². The van der Waals surface area contributed by atoms with E-state index in [4.69, 9.17) is 4.74 Å². The fraction of sp³-hybridized carbons (Fsp3) is 0.417. The fourth-order valence-electron chi connectivity index (χ4n) is 4.36. The molecule has 0 radical (unpaired) electrons. The lowest BCUT2D eigenvalue weighted by Gasteiger charge is -2.35. The molecule has 1 aromatic carbocycles. The zero-order valence-corrected chi connectivity index (χ0v) is 20.1. The second-order valence-corrected chi connectivity index (χ2v) is 9.61. The SMILES string of the molecule is CCN1CCN(c2cc3c(cc2F)c(=O)c(C(=O)OCC(=O)Nc2nccs2)cn3C2CC2)CC1. The summed E-state index contributed by atoms with van der Waals surface area (Å²) in [7, 11) is 0. The molecule has 0 atom stereocenters. The van der Waals surface area contributed by atoms with Crippen LogP contribution in [0.25, 0.3) is 10.9 Å². The van der Waals surface area contributed by atoms with Gasteiger partial charge in [0, 0.05) is 55.4 Å². The van der Waals surface area contributed by atoms with Gasteiger partial charge < -0.3 is 19.1 Å². The van der Waals surface area contributed by atoms with E-state index in [0.717, 1.165) is 32.5 Å². The number of esters is 1. The van der Waals surface area contributed by atoms with Crippen LogP contribution < -0.4 is 15.6 Å². The van der Waals surface area contributed by atoms with Crippen LogP contribution in [0.15, 0.2) is 34.7 Å². The zero-order chi connectivity index (χ0) is 24.5. The maximum atomic E-state index is 15.2. The number of amides is 1. The average molecular weight is 500 g/mol. The van der Waals surface area contributed by atoms with Crippen LogP contribution in [-0.2, 0) is 9.53 Å². The van der Waals surface area contributed by atoms with Crippen LogP contribution in [0.3, 0.4) is 0 Å². The van der Waals surface area contributed by atoms with Crippen molar-refractivity contribution in [1.29, 1.82) is 0 Å². The first-order valence-electron chi connectivity index (χ1n) is 11.7. The quantitative estimate of drug-likeness (QED) is 0.500. The molecule has 1 N–H and O–H groups in total. The van der Waals surface area contributed by atoms with Crippen LogP contribution in [0.2, 0.25) is 0 Å². The molecule has 11 heteroatoms. The van der Waals surface area contributed by atoms with Crippen molar-refractivity contribution in [2.45, 2.75) is 25.8 Å². The Balaban J connectivity index is 1.42. The molecule has 35 heavy (non-hydrogen) atoms. The number of carbonyl (C=O) groups excluding carboxylic acids is 2. The van der Waals surface area contributed by atoms with E-state index >= 15 is 4.39 Å². The predicted molar refractivity (Wildman–Crippen MR) is 132 cm³/mol. The van der Waals surface area contributed by atoms with Crippen molar-refractivity contribution in [3.8, 4) is 0 Å². The van der Waals surface area contributed by atoms with E-state index in [9.17, 15) is 14.4 Å². The van der Waals surface area contributed by atoms with Gasteiger partial charge in [0.2, 0.25) is 5.43 Å². The summed E-state index contributed by atoms with van der Waals surface area (Å²) >= 11 is 1.23. The van der Waals surface area contributed by atoms with Crippen molar-refractivity contribution >= 4 is 44.9 Å². The summed E-state index contributed by atoms with van der Waals surface area (Å²) in [6.45, 7) is 5.62. The van der Waals surface area contributed by atoms with E-state index in [-0.39, 0.29) is 17.0 Å². The van der Waals surface area contributed by atoms with Gasteiger partial charge in [0.1, 0.15) is 11.4 Å². The molecule has 0 unspecified atom stereocenters. The number of hydrogen-bond donors (Lipinski definition) is 1. The lowest BCUT2D eigenvalue weighted by molar-refractivity contribution is -0.119. The van der Waals surface area contributed by atoms with E-state index in [2.05, 4.69) is 22.1 Å². The first-order valence-corrected chi connectivity index (χ1v) is 12.5. The number of pyridine rings is 1. The molecule has 5 rings (SSSR count). The average Bonchev–Trinajstić information content (AvgIpc) is 3.58. The minimum absolute atomic E-state index is 0.132. The van der Waals surface area contributed by atoms with Crippen LogP contribution in [-0.4, -0.2) is 65.7 Å². The van der Waals surface area contributed by atoms with Crippen molar-refractivity contribution in [3.63, 3.8) is 0 Å². The van der Waals surface area contributed by atoms with E-state index in [0.29, 0.717) is 29.4 Å². The highest BCUT2D eigenvalue weighted by Gasteiger charge is 2.29. The van der Waals surface area contributed by atoms with Gasteiger partial charge in [-0.1, -0.05) is 6.92 Å². The topological polar surface area (TPSA) is 96.8 Å². The van der Waals surface area contributed by atoms with E-state index in [1.807, 2.05) is 9.47 Å². The van der Waals surface area contributed by atoms with Gasteiger partial charge in [-0.05, 0) is 31.5 Å². The fourth-order valence-corrected chi connectivity index (χ4v) is 4.90. The minimum Gasteiger partial charge on any atom is -0.452 e. The Morgan fingerprint density at radius 1 is 1.23 bits per heavy atom. The molecule has 1 saturated carbocycles. The second kappa shape index (κ2) is 9.74. The number of halogens is 1. The van der Waals surface area contributed by atoms with Crippen molar-refractivity contribution in [2.24, 2.45) is 0 Å². The molecule has 1 aliphatic carbocycles. The Bertz CT molecular complexity index is 1310. The third kappa shape index (κ3) is 4.92. The first kappa shape index (κ1) is 23.4. The molecule has 1 aliphatic heterocycles. The maximum absolute atomic E-state index is 15.2. The number of thiazole rings is 1. The summed E-state index contributed by atoms with van der Waals surface area (Å²) in [5, 5.41) is 4.73. The van der Waals surface area contributed by atoms with Crippen LogP contribution in [0.5, 0.6) is 0 Å². The third-order valence-electron chi connectivity index (χ3n) is 6.43. The largest absolute Gasteiger partial charge is 0.452 e. The number of ether oxygens (including phenoxy) is 1. The standard InChI is InChI=1S/C24H26FN5O4S/c1-2-28-6-8-29(9-7-28)20-12-19-16(11-18(20)25)22(32)17(13-30(19)15-3-4-15)23(33)34-14-21(31)27-24-26-5-10-35-24/h5,10-13,15H,2-4,6-9,14H2,1H3,(H,26,27,31). The summed E-state index contributed by atoms with van der Waals surface area (Å²) < 4.78 is 22.2. The van der Waals surface area contributed by atoms with Crippen LogP contribution in [0.1, 0.15) is 36.2 Å². The molecule has 2 aliphatic rings. The first-order chi connectivity index (χ1) is 16.9. The van der Waals surface area contributed by atoms with Crippen molar-refractivity contribution in [2.75, 3.05) is 49.5 Å². The molecule has 3 aromatic rings. The molecule has 9 nitrogen and oxygen atoms in total. The molecule has 3 heterocycles. The number of benzene rings is 1. The van der Waals surface area contributed by atoms with Crippen LogP contribution in [0.4, 0.5) is 15.2 Å². The summed E-state index contributed by atoms with van der Waals surface area (Å²) in [6, 6.07) is 3.08. The minimum atomic E-state index is -0.916. The van der Waals surface area contributed by atoms with E-state index < -0.39 is 29.7 Å². The van der Waals surface area contributed by atoms with Gasteiger partial charge in [-0.3, -0.25) is 14.9 Å². The number of carbonyl (C=O) groups is 2. The normalized spacial score (nSPS) is 16.5. The Labute approximate surface area is 205 Å². The number of fused-ring (bicyclic) bond motifs is 1. The van der Waals surface area contributed by atoms with Crippen molar-refractivity contribution in [3.05, 3.63) is 51.5 Å². The smallest absolute Gasteiger partial charge is 0.344 e. The summed E-state index contributed by atoms with van der Waals surface area (Å²) in [5.41, 5.74) is 0.250. The highest BCUT2D eigenvalue weighted by atomic mass is 32.1.